The van der Waals surface area contributed by atoms with Crippen molar-refractivity contribution in [3.05, 3.63) is 97.7 Å². The maximum Gasteiger partial charge on any atom is 0.261 e. The molecular weight excluding hydrogens is 434 g/mol. The summed E-state index contributed by atoms with van der Waals surface area (Å²) < 4.78 is 28.1. The zero-order chi connectivity index (χ0) is 22.8. The Balaban J connectivity index is 1.52. The van der Waals surface area contributed by atoms with Crippen molar-refractivity contribution in [1.29, 1.82) is 0 Å². The summed E-state index contributed by atoms with van der Waals surface area (Å²) in [5, 5.41) is 0.981. The molecule has 0 atom stereocenters. The van der Waals surface area contributed by atoms with Crippen LogP contribution in [0.3, 0.4) is 0 Å². The fourth-order valence-corrected chi connectivity index (χ4v) is 4.66. The molecule has 0 aliphatic carbocycles. The minimum Gasteiger partial charge on any atom is -0.399 e. The molecule has 0 aliphatic heterocycles. The highest BCUT2D eigenvalue weighted by molar-refractivity contribution is 7.92. The molecule has 5 aromatic rings. The Morgan fingerprint density at radius 2 is 1.52 bits per heavy atom. The highest BCUT2D eigenvalue weighted by Gasteiger charge is 2.15. The van der Waals surface area contributed by atoms with E-state index in [1.54, 1.807) is 43.0 Å². The van der Waals surface area contributed by atoms with Crippen LogP contribution in [-0.2, 0) is 10.0 Å². The van der Waals surface area contributed by atoms with Crippen LogP contribution in [0.4, 0.5) is 11.4 Å². The molecular formula is C25H19N5O2S. The second kappa shape index (κ2) is 8.33. The van der Waals surface area contributed by atoms with Crippen LogP contribution in [0.25, 0.3) is 33.2 Å². The number of nitrogens with two attached hydrogens (primary N) is 1. The summed E-state index contributed by atoms with van der Waals surface area (Å²) in [5.41, 5.74) is 11.1. The molecule has 0 unspecified atom stereocenters. The van der Waals surface area contributed by atoms with E-state index in [9.17, 15) is 8.42 Å². The van der Waals surface area contributed by atoms with Crippen LogP contribution in [-0.4, -0.2) is 23.4 Å². The van der Waals surface area contributed by atoms with Gasteiger partial charge < -0.3 is 5.73 Å². The normalized spacial score (nSPS) is 11.4. The Morgan fingerprint density at radius 1 is 0.727 bits per heavy atom. The Bertz CT molecular complexity index is 1550. The van der Waals surface area contributed by atoms with E-state index in [0.717, 1.165) is 33.2 Å². The van der Waals surface area contributed by atoms with E-state index in [1.807, 2.05) is 36.4 Å². The summed E-state index contributed by atoms with van der Waals surface area (Å²) in [4.78, 5) is 12.9. The molecule has 3 N–H and O–H groups in total. The predicted molar refractivity (Wildman–Crippen MR) is 130 cm³/mol. The lowest BCUT2D eigenvalue weighted by atomic mass is 9.98. The van der Waals surface area contributed by atoms with Crippen molar-refractivity contribution in [3.8, 4) is 22.3 Å². The van der Waals surface area contributed by atoms with Gasteiger partial charge in [0.05, 0.1) is 22.3 Å². The minimum absolute atomic E-state index is 0.126. The van der Waals surface area contributed by atoms with Crippen molar-refractivity contribution in [2.75, 3.05) is 10.5 Å². The average molecular weight is 454 g/mol. The third-order valence-corrected chi connectivity index (χ3v) is 6.64. The summed E-state index contributed by atoms with van der Waals surface area (Å²) in [5.74, 6) is 0. The number of fused-ring (bicyclic) bond motifs is 1. The average Bonchev–Trinajstić information content (AvgIpc) is 2.84. The molecule has 0 bridgehead atoms. The largest absolute Gasteiger partial charge is 0.399 e. The number of hydrogen-bond acceptors (Lipinski definition) is 6. The van der Waals surface area contributed by atoms with Crippen molar-refractivity contribution < 1.29 is 8.42 Å². The number of nitrogens with zero attached hydrogens (tertiary/aromatic N) is 3. The number of rotatable bonds is 5. The van der Waals surface area contributed by atoms with Crippen molar-refractivity contribution >= 4 is 32.3 Å². The molecule has 8 heteroatoms. The van der Waals surface area contributed by atoms with Crippen LogP contribution in [0.15, 0.2) is 103 Å². The number of nitrogen functional groups attached to an aromatic ring is 1. The molecule has 0 spiro atoms. The van der Waals surface area contributed by atoms with E-state index in [4.69, 9.17) is 5.73 Å². The van der Waals surface area contributed by atoms with Gasteiger partial charge in [-0.1, -0.05) is 6.07 Å². The summed E-state index contributed by atoms with van der Waals surface area (Å²) in [6, 6.07) is 19.6. The number of benzene rings is 2. The van der Waals surface area contributed by atoms with Crippen molar-refractivity contribution in [2.45, 2.75) is 4.90 Å². The Morgan fingerprint density at radius 3 is 2.30 bits per heavy atom. The van der Waals surface area contributed by atoms with E-state index in [0.29, 0.717) is 11.4 Å². The lowest BCUT2D eigenvalue weighted by molar-refractivity contribution is 0.601. The molecule has 3 aromatic heterocycles. The van der Waals surface area contributed by atoms with Crippen LogP contribution in [0.1, 0.15) is 0 Å². The van der Waals surface area contributed by atoms with Gasteiger partial charge in [0, 0.05) is 41.4 Å². The first-order chi connectivity index (χ1) is 16.0. The summed E-state index contributed by atoms with van der Waals surface area (Å²) in [6.45, 7) is 0. The Hall–Kier alpha value is -4.30. The molecule has 162 valence electrons. The van der Waals surface area contributed by atoms with Crippen LogP contribution in [0.5, 0.6) is 0 Å². The molecule has 0 amide bonds. The van der Waals surface area contributed by atoms with E-state index >= 15 is 0 Å². The minimum atomic E-state index is -3.77. The molecule has 3 heterocycles. The number of pyridine rings is 3. The number of aromatic nitrogens is 3. The highest BCUT2D eigenvalue weighted by atomic mass is 32.2. The van der Waals surface area contributed by atoms with Gasteiger partial charge in [-0.15, -0.1) is 0 Å². The first kappa shape index (κ1) is 20.6. The summed E-state index contributed by atoms with van der Waals surface area (Å²) >= 11 is 0. The second-order valence-electron chi connectivity index (χ2n) is 7.46. The Labute approximate surface area is 191 Å². The van der Waals surface area contributed by atoms with Crippen molar-refractivity contribution in [3.63, 3.8) is 0 Å². The lowest BCUT2D eigenvalue weighted by Gasteiger charge is -2.11. The van der Waals surface area contributed by atoms with E-state index in [1.165, 1.54) is 18.3 Å². The number of hydrogen-bond donors (Lipinski definition) is 2. The summed E-state index contributed by atoms with van der Waals surface area (Å²) in [7, 11) is -3.77. The fourth-order valence-electron chi connectivity index (χ4n) is 3.62. The van der Waals surface area contributed by atoms with Gasteiger partial charge in [0.15, 0.2) is 0 Å². The predicted octanol–water partition coefficient (Wildman–Crippen LogP) is 4.74. The van der Waals surface area contributed by atoms with Gasteiger partial charge in [-0.25, -0.2) is 8.42 Å². The lowest BCUT2D eigenvalue weighted by Crippen LogP contribution is -2.13. The number of anilines is 2. The van der Waals surface area contributed by atoms with E-state index < -0.39 is 10.0 Å². The third kappa shape index (κ3) is 4.24. The molecule has 0 saturated carbocycles. The molecule has 0 saturated heterocycles. The zero-order valence-corrected chi connectivity index (χ0v) is 18.2. The zero-order valence-electron chi connectivity index (χ0n) is 17.4. The van der Waals surface area contributed by atoms with Gasteiger partial charge >= 0.3 is 0 Å². The number of sulfonamides is 1. The van der Waals surface area contributed by atoms with Gasteiger partial charge in [-0.2, -0.15) is 0 Å². The topological polar surface area (TPSA) is 111 Å². The second-order valence-corrected chi connectivity index (χ2v) is 9.15. The van der Waals surface area contributed by atoms with Crippen molar-refractivity contribution in [1.82, 2.24) is 15.0 Å². The molecule has 0 aliphatic rings. The fraction of sp³-hybridized carbons (Fsp3) is 0. The first-order valence-electron chi connectivity index (χ1n) is 10.1. The monoisotopic (exact) mass is 453 g/mol. The first-order valence-corrected chi connectivity index (χ1v) is 11.6. The molecule has 2 aromatic carbocycles. The van der Waals surface area contributed by atoms with Crippen LogP contribution in [0, 0.1) is 0 Å². The van der Waals surface area contributed by atoms with Gasteiger partial charge in [-0.05, 0) is 77.4 Å². The van der Waals surface area contributed by atoms with E-state index in [-0.39, 0.29) is 4.90 Å². The van der Waals surface area contributed by atoms with Gasteiger partial charge in [0.2, 0.25) is 0 Å². The van der Waals surface area contributed by atoms with E-state index in [2.05, 4.69) is 19.7 Å². The Kier molecular flexibility index (Phi) is 5.20. The number of nitrogens with one attached hydrogen (secondary N) is 1. The van der Waals surface area contributed by atoms with Crippen molar-refractivity contribution in [2.24, 2.45) is 0 Å². The molecule has 5 rings (SSSR count). The SMILES string of the molecule is Nc1ccc(S(=O)(=O)Nc2cncc(-c3ccc4nccc(-c5ccncc5)c4c3)c2)cc1. The molecule has 7 nitrogen and oxygen atoms in total. The maximum atomic E-state index is 12.7. The standard InChI is InChI=1S/C25H19N5O2S/c26-20-2-4-22(5-3-20)33(31,32)30-21-13-19(15-28-16-21)18-1-6-25-24(14-18)23(9-12-29-25)17-7-10-27-11-8-17/h1-16,30H,26H2. The highest BCUT2D eigenvalue weighted by Crippen LogP contribution is 2.31. The third-order valence-electron chi connectivity index (χ3n) is 5.25. The quantitative estimate of drug-likeness (QED) is 0.372. The molecule has 0 fully saturated rings. The maximum absolute atomic E-state index is 12.7. The molecule has 0 radical (unpaired) electrons. The smallest absolute Gasteiger partial charge is 0.261 e. The van der Waals surface area contributed by atoms with Gasteiger partial charge in [-0.3, -0.25) is 19.7 Å². The van der Waals surface area contributed by atoms with Crippen LogP contribution in [0.2, 0.25) is 0 Å². The molecule has 33 heavy (non-hydrogen) atoms. The van der Waals surface area contributed by atoms with Gasteiger partial charge in [0.1, 0.15) is 0 Å². The summed E-state index contributed by atoms with van der Waals surface area (Å²) in [6.07, 6.45) is 8.47. The van der Waals surface area contributed by atoms with Crippen LogP contribution < -0.4 is 10.5 Å². The van der Waals surface area contributed by atoms with Crippen LogP contribution >= 0.6 is 0 Å². The van der Waals surface area contributed by atoms with Gasteiger partial charge in [0.25, 0.3) is 10.0 Å².